The lowest BCUT2D eigenvalue weighted by Gasteiger charge is -2.17. The van der Waals surface area contributed by atoms with Crippen LogP contribution in [0.2, 0.25) is 0 Å². The van der Waals surface area contributed by atoms with Crippen LogP contribution in [0.1, 0.15) is 36.8 Å². The van der Waals surface area contributed by atoms with E-state index in [0.29, 0.717) is 6.42 Å². The molecular weight excluding hydrogens is 296 g/mol. The van der Waals surface area contributed by atoms with Crippen LogP contribution in [0, 0.1) is 0 Å². The van der Waals surface area contributed by atoms with Gasteiger partial charge in [0.05, 0.1) is 0 Å². The Morgan fingerprint density at radius 1 is 1.08 bits per heavy atom. The third kappa shape index (κ3) is 3.35. The number of aryl methyl sites for hydroxylation is 1. The van der Waals surface area contributed by atoms with Crippen molar-refractivity contribution in [2.45, 2.75) is 25.7 Å². The minimum atomic E-state index is 0.0640. The highest BCUT2D eigenvalue weighted by atomic mass is 16.1. The van der Waals surface area contributed by atoms with E-state index in [0.717, 1.165) is 13.0 Å². The fourth-order valence-electron chi connectivity index (χ4n) is 3.27. The SMILES string of the molecule is CCCNC(=O)CC(c1ccccc1)c1cn(C)c2ccccc12. The lowest BCUT2D eigenvalue weighted by Crippen LogP contribution is -2.26. The Morgan fingerprint density at radius 3 is 2.54 bits per heavy atom. The summed E-state index contributed by atoms with van der Waals surface area (Å²) < 4.78 is 2.14. The summed E-state index contributed by atoms with van der Waals surface area (Å²) in [6.45, 7) is 2.80. The molecule has 1 amide bonds. The molecule has 1 heterocycles. The van der Waals surface area contributed by atoms with Gasteiger partial charge in [-0.15, -0.1) is 0 Å². The molecule has 0 spiro atoms. The number of hydrogen-bond acceptors (Lipinski definition) is 1. The molecule has 3 rings (SSSR count). The van der Waals surface area contributed by atoms with Crippen LogP contribution in [-0.4, -0.2) is 17.0 Å². The Hall–Kier alpha value is -2.55. The zero-order valence-electron chi connectivity index (χ0n) is 14.3. The van der Waals surface area contributed by atoms with Gasteiger partial charge in [-0.05, 0) is 23.6 Å². The molecule has 1 N–H and O–H groups in total. The van der Waals surface area contributed by atoms with E-state index in [2.05, 4.69) is 66.5 Å². The number of hydrogen-bond donors (Lipinski definition) is 1. The second-order valence-corrected chi connectivity index (χ2v) is 6.23. The largest absolute Gasteiger partial charge is 0.356 e. The van der Waals surface area contributed by atoms with Crippen molar-refractivity contribution in [1.82, 2.24) is 9.88 Å². The zero-order chi connectivity index (χ0) is 16.9. The first-order valence-electron chi connectivity index (χ1n) is 8.56. The summed E-state index contributed by atoms with van der Waals surface area (Å²) in [7, 11) is 2.06. The fraction of sp³-hybridized carbons (Fsp3) is 0.286. The number of rotatable bonds is 6. The highest BCUT2D eigenvalue weighted by Gasteiger charge is 2.21. The maximum absolute atomic E-state index is 12.4. The van der Waals surface area contributed by atoms with Crippen LogP contribution in [0.15, 0.2) is 60.8 Å². The summed E-state index contributed by atoms with van der Waals surface area (Å²) in [6, 6.07) is 18.7. The molecule has 0 aliphatic rings. The first-order valence-corrected chi connectivity index (χ1v) is 8.56. The van der Waals surface area contributed by atoms with Gasteiger partial charge in [-0.2, -0.15) is 0 Å². The zero-order valence-corrected chi connectivity index (χ0v) is 14.3. The number of fused-ring (bicyclic) bond motifs is 1. The molecular formula is C21H24N2O. The van der Waals surface area contributed by atoms with Crippen molar-refractivity contribution in [2.75, 3.05) is 6.54 Å². The number of amides is 1. The van der Waals surface area contributed by atoms with Gasteiger partial charge < -0.3 is 9.88 Å². The van der Waals surface area contributed by atoms with Crippen LogP contribution in [0.25, 0.3) is 10.9 Å². The van der Waals surface area contributed by atoms with Crippen LogP contribution in [0.3, 0.4) is 0 Å². The number of nitrogens with one attached hydrogen (secondary N) is 1. The lowest BCUT2D eigenvalue weighted by molar-refractivity contribution is -0.121. The number of para-hydroxylation sites is 1. The molecule has 0 radical (unpaired) electrons. The predicted octanol–water partition coefficient (Wildman–Crippen LogP) is 4.23. The van der Waals surface area contributed by atoms with Gasteiger partial charge in [0.15, 0.2) is 0 Å². The molecule has 1 aromatic heterocycles. The Balaban J connectivity index is 2.02. The summed E-state index contributed by atoms with van der Waals surface area (Å²) in [5.74, 6) is 0.174. The average molecular weight is 320 g/mol. The normalized spacial score (nSPS) is 12.2. The summed E-state index contributed by atoms with van der Waals surface area (Å²) in [5, 5.41) is 4.23. The van der Waals surface area contributed by atoms with E-state index in [4.69, 9.17) is 0 Å². The van der Waals surface area contributed by atoms with E-state index in [1.165, 1.54) is 22.0 Å². The van der Waals surface area contributed by atoms with Crippen molar-refractivity contribution < 1.29 is 4.79 Å². The van der Waals surface area contributed by atoms with Gasteiger partial charge in [-0.1, -0.05) is 55.5 Å². The summed E-state index contributed by atoms with van der Waals surface area (Å²) >= 11 is 0. The van der Waals surface area contributed by atoms with Gasteiger partial charge in [0.2, 0.25) is 5.91 Å². The molecule has 1 unspecified atom stereocenters. The maximum Gasteiger partial charge on any atom is 0.220 e. The van der Waals surface area contributed by atoms with Gasteiger partial charge in [-0.25, -0.2) is 0 Å². The van der Waals surface area contributed by atoms with Gasteiger partial charge in [0.1, 0.15) is 0 Å². The van der Waals surface area contributed by atoms with E-state index in [1.807, 2.05) is 18.2 Å². The minimum absolute atomic E-state index is 0.0640. The molecule has 0 bridgehead atoms. The number of nitrogens with zero attached hydrogens (tertiary/aromatic N) is 1. The number of carbonyl (C=O) groups excluding carboxylic acids is 1. The van der Waals surface area contributed by atoms with Crippen molar-refractivity contribution in [1.29, 1.82) is 0 Å². The van der Waals surface area contributed by atoms with Gasteiger partial charge >= 0.3 is 0 Å². The van der Waals surface area contributed by atoms with Gasteiger partial charge in [0.25, 0.3) is 0 Å². The molecule has 0 aliphatic carbocycles. The molecule has 0 aliphatic heterocycles. The highest BCUT2D eigenvalue weighted by molar-refractivity contribution is 5.86. The topological polar surface area (TPSA) is 34.0 Å². The summed E-state index contributed by atoms with van der Waals surface area (Å²) in [5.41, 5.74) is 3.59. The van der Waals surface area contributed by atoms with Crippen LogP contribution in [0.5, 0.6) is 0 Å². The summed E-state index contributed by atoms with van der Waals surface area (Å²) in [6.07, 6.45) is 3.59. The molecule has 3 aromatic rings. The third-order valence-corrected chi connectivity index (χ3v) is 4.47. The van der Waals surface area contributed by atoms with Crippen molar-refractivity contribution in [2.24, 2.45) is 7.05 Å². The van der Waals surface area contributed by atoms with Crippen molar-refractivity contribution in [3.8, 4) is 0 Å². The highest BCUT2D eigenvalue weighted by Crippen LogP contribution is 2.34. The van der Waals surface area contributed by atoms with E-state index < -0.39 is 0 Å². The Labute approximate surface area is 143 Å². The lowest BCUT2D eigenvalue weighted by atomic mass is 9.88. The van der Waals surface area contributed by atoms with Crippen LogP contribution in [-0.2, 0) is 11.8 Å². The molecule has 0 saturated heterocycles. The Kier molecular flexibility index (Phi) is 4.99. The second-order valence-electron chi connectivity index (χ2n) is 6.23. The third-order valence-electron chi connectivity index (χ3n) is 4.47. The first kappa shape index (κ1) is 16.3. The number of benzene rings is 2. The van der Waals surface area contributed by atoms with E-state index in [9.17, 15) is 4.79 Å². The van der Waals surface area contributed by atoms with Crippen LogP contribution in [0.4, 0.5) is 0 Å². The Bertz CT molecular complexity index is 820. The number of aromatic nitrogens is 1. The van der Waals surface area contributed by atoms with Crippen molar-refractivity contribution in [3.63, 3.8) is 0 Å². The molecule has 0 saturated carbocycles. The predicted molar refractivity (Wildman–Crippen MR) is 99.1 cm³/mol. The second kappa shape index (κ2) is 7.35. The van der Waals surface area contributed by atoms with E-state index in [1.54, 1.807) is 0 Å². The first-order chi connectivity index (χ1) is 11.7. The van der Waals surface area contributed by atoms with Gasteiger partial charge in [-0.3, -0.25) is 4.79 Å². The molecule has 1 atom stereocenters. The Morgan fingerprint density at radius 2 is 1.79 bits per heavy atom. The van der Waals surface area contributed by atoms with Gasteiger partial charge in [0, 0.05) is 43.0 Å². The van der Waals surface area contributed by atoms with Crippen molar-refractivity contribution >= 4 is 16.8 Å². The fourth-order valence-corrected chi connectivity index (χ4v) is 3.27. The molecule has 124 valence electrons. The molecule has 0 fully saturated rings. The molecule has 3 nitrogen and oxygen atoms in total. The van der Waals surface area contributed by atoms with E-state index in [-0.39, 0.29) is 11.8 Å². The summed E-state index contributed by atoms with van der Waals surface area (Å²) in [4.78, 5) is 12.4. The average Bonchev–Trinajstić information content (AvgIpc) is 2.96. The van der Waals surface area contributed by atoms with Crippen molar-refractivity contribution in [3.05, 3.63) is 71.9 Å². The quantitative estimate of drug-likeness (QED) is 0.724. The van der Waals surface area contributed by atoms with E-state index >= 15 is 0 Å². The monoisotopic (exact) mass is 320 g/mol. The van der Waals surface area contributed by atoms with Crippen LogP contribution >= 0.6 is 0 Å². The molecule has 3 heteroatoms. The number of carbonyl (C=O) groups is 1. The molecule has 24 heavy (non-hydrogen) atoms. The molecule has 2 aromatic carbocycles. The van der Waals surface area contributed by atoms with Crippen LogP contribution < -0.4 is 5.32 Å². The smallest absolute Gasteiger partial charge is 0.220 e. The minimum Gasteiger partial charge on any atom is -0.356 e. The standard InChI is InChI=1S/C21H24N2O/c1-3-13-22-21(24)14-18(16-9-5-4-6-10-16)19-15-23(2)20-12-8-7-11-17(19)20/h4-12,15,18H,3,13-14H2,1-2H3,(H,22,24). The maximum atomic E-state index is 12.4.